The second kappa shape index (κ2) is 32.8. The lowest BCUT2D eigenvalue weighted by molar-refractivity contribution is -0.156. The third-order valence-corrected chi connectivity index (χ3v) is 32.6. The number of rotatable bonds is 26. The van der Waals surface area contributed by atoms with Gasteiger partial charge in [0, 0.05) is 42.4 Å². The topological polar surface area (TPSA) is 142 Å². The molecule has 2 atom stereocenters. The van der Waals surface area contributed by atoms with Crippen molar-refractivity contribution in [2.24, 2.45) is 23.7 Å². The van der Waals surface area contributed by atoms with Crippen LogP contribution in [-0.4, -0.2) is 81.6 Å². The molecule has 2 aromatic heterocycles. The Kier molecular flexibility index (Phi) is 26.0. The maximum Gasteiger partial charge on any atom is 0.461 e. The number of ether oxygens (including phenoxy) is 2. The summed E-state index contributed by atoms with van der Waals surface area (Å²) in [6, 6.07) is 42.9. The molecule has 546 valence electrons. The summed E-state index contributed by atoms with van der Waals surface area (Å²) in [5.74, 6) is 6.35. The smallest absolute Gasteiger partial charge is 0.460 e. The molecule has 0 amide bonds. The molecule has 3 heterocycles. The van der Waals surface area contributed by atoms with Gasteiger partial charge in [-0.05, 0) is 222 Å². The molecule has 5 fully saturated rings. The summed E-state index contributed by atoms with van der Waals surface area (Å²) in [5.41, 5.74) is 1.75. The van der Waals surface area contributed by atoms with E-state index in [1.54, 1.807) is 0 Å². The average Bonchev–Trinajstić information content (AvgIpc) is 1.32. The molecule has 5 aliphatic rings. The summed E-state index contributed by atoms with van der Waals surface area (Å²) in [5, 5.41) is 14.1. The molecule has 6 aromatic rings. The van der Waals surface area contributed by atoms with Crippen molar-refractivity contribution in [2.75, 3.05) is 13.2 Å². The number of benzene rings is 4. The van der Waals surface area contributed by atoms with E-state index >= 15 is 0 Å². The van der Waals surface area contributed by atoms with E-state index < -0.39 is 27.8 Å². The van der Waals surface area contributed by atoms with E-state index in [1.807, 2.05) is 41.5 Å². The van der Waals surface area contributed by atoms with Gasteiger partial charge in [-0.15, -0.1) is 0 Å². The van der Waals surface area contributed by atoms with Crippen molar-refractivity contribution in [3.63, 3.8) is 0 Å². The molecular formula is C84H122BIN2O10Si2. The number of aromatic nitrogens is 2. The predicted octanol–water partition coefficient (Wildman–Crippen LogP) is 19.7. The van der Waals surface area contributed by atoms with E-state index in [0.29, 0.717) is 55.5 Å². The number of carbonyl (C=O) groups excluding carboxylic acids is 2. The van der Waals surface area contributed by atoms with Crippen molar-refractivity contribution in [1.29, 1.82) is 0 Å². The predicted molar refractivity (Wildman–Crippen MR) is 419 cm³/mol. The lowest BCUT2D eigenvalue weighted by Crippen LogP contribution is -2.66. The van der Waals surface area contributed by atoms with Crippen LogP contribution in [0.4, 0.5) is 0 Å². The summed E-state index contributed by atoms with van der Waals surface area (Å²) >= 11 is 2.39. The van der Waals surface area contributed by atoms with Gasteiger partial charge in [-0.3, -0.25) is 9.59 Å². The fourth-order valence-electron chi connectivity index (χ4n) is 15.6. The first kappa shape index (κ1) is 79.4. The summed E-state index contributed by atoms with van der Waals surface area (Å²) in [6.07, 6.45) is 13.9. The van der Waals surface area contributed by atoms with Crippen LogP contribution in [0.3, 0.4) is 0 Å². The number of hydrogen-bond donors (Lipinski definition) is 0. The summed E-state index contributed by atoms with van der Waals surface area (Å²) in [6.45, 7) is 43.9. The fourth-order valence-corrected chi connectivity index (χ4v) is 25.9. The van der Waals surface area contributed by atoms with Gasteiger partial charge in [0.25, 0.3) is 16.6 Å². The highest BCUT2D eigenvalue weighted by molar-refractivity contribution is 14.1. The number of hydrogen-bond acceptors (Lipinski definition) is 12. The van der Waals surface area contributed by atoms with Crippen LogP contribution in [0, 0.1) is 27.2 Å². The van der Waals surface area contributed by atoms with Crippen molar-refractivity contribution in [3.05, 3.63) is 153 Å². The molecular weight excluding hydrogens is 1390 g/mol. The Morgan fingerprint density at radius 2 is 0.850 bits per heavy atom. The van der Waals surface area contributed by atoms with Gasteiger partial charge in [0.2, 0.25) is 0 Å². The zero-order chi connectivity index (χ0) is 72.8. The molecule has 0 bridgehead atoms. The lowest BCUT2D eigenvalue weighted by atomic mass is 9.69. The van der Waals surface area contributed by atoms with E-state index in [0.717, 1.165) is 57.1 Å². The van der Waals surface area contributed by atoms with Gasteiger partial charge in [0.15, 0.2) is 5.76 Å². The zero-order valence-electron chi connectivity index (χ0n) is 64.6. The Bertz CT molecular complexity index is 3460. The Hall–Kier alpha value is -4.69. The van der Waals surface area contributed by atoms with E-state index in [2.05, 4.69) is 246 Å². The van der Waals surface area contributed by atoms with Gasteiger partial charge in [-0.1, -0.05) is 214 Å². The fraction of sp³-hybridized carbons (Fsp3) is 0.619. The van der Waals surface area contributed by atoms with Gasteiger partial charge in [0.05, 0.1) is 33.3 Å². The average molecular weight is 1510 g/mol. The Balaban J connectivity index is 0.000000199. The highest BCUT2D eigenvalue weighted by Crippen LogP contribution is 2.54. The number of esters is 2. The van der Waals surface area contributed by atoms with Crippen LogP contribution in [0.1, 0.15) is 286 Å². The molecule has 11 rings (SSSR count). The van der Waals surface area contributed by atoms with Crippen LogP contribution >= 0.6 is 22.6 Å². The first-order valence-corrected chi connectivity index (χ1v) is 42.7. The third kappa shape index (κ3) is 19.8. The molecule has 16 heteroatoms. The van der Waals surface area contributed by atoms with Crippen LogP contribution in [0.25, 0.3) is 0 Å². The van der Waals surface area contributed by atoms with Gasteiger partial charge in [-0.25, -0.2) is 0 Å². The summed E-state index contributed by atoms with van der Waals surface area (Å²) < 4.78 is 51.1. The van der Waals surface area contributed by atoms with Crippen LogP contribution in [0.15, 0.2) is 130 Å². The van der Waals surface area contributed by atoms with Crippen molar-refractivity contribution in [2.45, 2.75) is 296 Å². The largest absolute Gasteiger partial charge is 0.461 e. The molecule has 2 unspecified atom stereocenters. The number of carbonyl (C=O) groups is 2. The van der Waals surface area contributed by atoms with Crippen molar-refractivity contribution in [1.82, 2.24) is 10.3 Å². The standard InChI is InChI=1S/C39H55NO4Si.C36H50INO4Si.C9H17BO2/c1-27(2)23-28-24-31(25-28)37-35(29-19-20-29)36(40-44-37)30(26-34(41)43-38(3,4)5)21-22-42-45(39(6,7)8,32-15-11-9-12-16-32)33-17-13-10-14-18-33;1-25(2)21-26-22-28(23-26)34-32(37)33(38-42-34)27(24-31(39)41-35(3,4)5)19-20-40-43(36(6,7)8,29-15-11-9-12-16-29)30-17-13-10-14-18-30;1-8(2)9(3,4)12-10(11-8)7-5-6-7/h9-18,27-31H,19-26H2,1-8H3;9-18,25-28H,19-24H2,1-8H3;7H,5-6H2,1-4H3. The molecule has 4 saturated carbocycles. The Labute approximate surface area is 618 Å². The maximum absolute atomic E-state index is 13.3. The van der Waals surface area contributed by atoms with E-state index in [4.69, 9.17) is 41.8 Å². The molecule has 0 radical (unpaired) electrons. The van der Waals surface area contributed by atoms with Crippen molar-refractivity contribution >= 4 is 79.0 Å². The van der Waals surface area contributed by atoms with Crippen molar-refractivity contribution in [3.8, 4) is 0 Å². The van der Waals surface area contributed by atoms with Gasteiger partial charge in [-0.2, -0.15) is 0 Å². The van der Waals surface area contributed by atoms with E-state index in [-0.39, 0.29) is 65.0 Å². The minimum atomic E-state index is -2.71. The number of halogens is 1. The minimum Gasteiger partial charge on any atom is -0.460 e. The molecule has 100 heavy (non-hydrogen) atoms. The molecule has 4 aromatic carbocycles. The minimum absolute atomic E-state index is 0.0648. The molecule has 1 aliphatic heterocycles. The van der Waals surface area contributed by atoms with E-state index in [1.165, 1.54) is 77.7 Å². The normalized spacial score (nSPS) is 20.7. The molecule has 0 spiro atoms. The van der Waals surface area contributed by atoms with Crippen molar-refractivity contribution < 1.29 is 46.3 Å². The monoisotopic (exact) mass is 1510 g/mol. The second-order valence-corrected chi connectivity index (χ2v) is 45.4. The Morgan fingerprint density at radius 1 is 0.510 bits per heavy atom. The third-order valence-electron chi connectivity index (χ3n) is 21.4. The summed E-state index contributed by atoms with van der Waals surface area (Å²) in [7, 11) is -5.35. The van der Waals surface area contributed by atoms with E-state index in [9.17, 15) is 9.59 Å². The lowest BCUT2D eigenvalue weighted by Gasteiger charge is -2.43. The molecule has 12 nitrogen and oxygen atoms in total. The van der Waals surface area contributed by atoms with Crippen LogP contribution in [0.5, 0.6) is 0 Å². The Morgan fingerprint density at radius 3 is 1.18 bits per heavy atom. The quantitative estimate of drug-likeness (QED) is 0.0290. The highest BCUT2D eigenvalue weighted by atomic mass is 127. The highest BCUT2D eigenvalue weighted by Gasteiger charge is 2.57. The van der Waals surface area contributed by atoms with Crippen LogP contribution in [0.2, 0.25) is 15.9 Å². The second-order valence-electron chi connectivity index (χ2n) is 35.7. The first-order valence-electron chi connectivity index (χ1n) is 37.9. The first-order chi connectivity index (χ1) is 46.9. The maximum atomic E-state index is 13.3. The van der Waals surface area contributed by atoms with Gasteiger partial charge >= 0.3 is 19.1 Å². The van der Waals surface area contributed by atoms with Gasteiger partial charge in [0.1, 0.15) is 22.7 Å². The zero-order valence-corrected chi connectivity index (χ0v) is 68.7. The van der Waals surface area contributed by atoms with Gasteiger partial charge < -0.3 is 36.7 Å². The summed E-state index contributed by atoms with van der Waals surface area (Å²) in [4.78, 5) is 26.5. The van der Waals surface area contributed by atoms with Crippen LogP contribution < -0.4 is 20.7 Å². The molecule has 0 N–H and O–H groups in total. The molecule has 1 saturated heterocycles. The SMILES string of the molecule is CC(C)CC1CC(c2onc(C(CCO[Si](c3ccccc3)(c3ccccc3)C(C)(C)C)CC(=O)OC(C)(C)C)c2C2CC2)C1.CC(C)CC1CC(c2onc(C(CCO[Si](c3ccccc3)(c3ccccc3)C(C)(C)C)CC(=O)OC(C)(C)C)c2I)C1.CC1(C)OB(C2CC2)OC1(C)C. The van der Waals surface area contributed by atoms with Crippen LogP contribution in [-0.2, 0) is 37.2 Å². The number of nitrogens with zero attached hydrogens (tertiary/aromatic N) is 2. The molecule has 4 aliphatic carbocycles.